The van der Waals surface area contributed by atoms with Crippen LogP contribution >= 0.6 is 12.4 Å². The fraction of sp³-hybridized carbons (Fsp3) is 0.222. The largest absolute Gasteiger partial charge is 0.480 e. The van der Waals surface area contributed by atoms with E-state index in [9.17, 15) is 9.18 Å². The maximum absolute atomic E-state index is 13.0. The van der Waals surface area contributed by atoms with Gasteiger partial charge >= 0.3 is 5.97 Å². The highest BCUT2D eigenvalue weighted by Gasteiger charge is 2.13. The lowest BCUT2D eigenvalue weighted by atomic mass is 10.1. The SMILES string of the molecule is Cl.N[C@H](Cc1ccccc1F)C(=O)O. The minimum absolute atomic E-state index is 0. The molecule has 0 saturated carbocycles. The zero-order chi connectivity index (χ0) is 9.84. The number of halogens is 2. The van der Waals surface area contributed by atoms with E-state index in [2.05, 4.69) is 0 Å². The summed E-state index contributed by atoms with van der Waals surface area (Å²) in [5.74, 6) is -1.54. The molecule has 1 aromatic carbocycles. The molecule has 1 rings (SSSR count). The van der Waals surface area contributed by atoms with E-state index in [1.54, 1.807) is 12.1 Å². The number of hydrogen-bond donors (Lipinski definition) is 2. The van der Waals surface area contributed by atoms with Gasteiger partial charge in [0.1, 0.15) is 11.9 Å². The quantitative estimate of drug-likeness (QED) is 0.803. The molecule has 1 aromatic rings. The van der Waals surface area contributed by atoms with Gasteiger partial charge in [0, 0.05) is 6.42 Å². The van der Waals surface area contributed by atoms with Crippen LogP contribution in [0.4, 0.5) is 4.39 Å². The Hall–Kier alpha value is -1.13. The summed E-state index contributed by atoms with van der Waals surface area (Å²) in [6.07, 6.45) is 0.0159. The molecular weight excluding hydrogens is 209 g/mol. The Kier molecular flexibility index (Phi) is 5.12. The number of carboxylic acids is 1. The fourth-order valence-corrected chi connectivity index (χ4v) is 0.988. The van der Waals surface area contributed by atoms with E-state index in [0.717, 1.165) is 0 Å². The summed E-state index contributed by atoms with van der Waals surface area (Å²) in [7, 11) is 0. The summed E-state index contributed by atoms with van der Waals surface area (Å²) in [6, 6.07) is 4.96. The predicted molar refractivity (Wildman–Crippen MR) is 53.0 cm³/mol. The third-order valence-electron chi connectivity index (χ3n) is 1.71. The third-order valence-corrected chi connectivity index (χ3v) is 1.71. The monoisotopic (exact) mass is 219 g/mol. The van der Waals surface area contributed by atoms with Gasteiger partial charge in [-0.15, -0.1) is 12.4 Å². The Morgan fingerprint density at radius 2 is 2.07 bits per heavy atom. The second-order valence-corrected chi connectivity index (χ2v) is 2.74. The zero-order valence-corrected chi connectivity index (χ0v) is 8.13. The van der Waals surface area contributed by atoms with Gasteiger partial charge in [-0.1, -0.05) is 18.2 Å². The zero-order valence-electron chi connectivity index (χ0n) is 7.31. The lowest BCUT2D eigenvalue weighted by molar-refractivity contribution is -0.138. The van der Waals surface area contributed by atoms with Crippen LogP contribution < -0.4 is 5.73 Å². The van der Waals surface area contributed by atoms with E-state index >= 15 is 0 Å². The summed E-state index contributed by atoms with van der Waals surface area (Å²) in [6.45, 7) is 0. The Morgan fingerprint density at radius 3 is 2.57 bits per heavy atom. The molecule has 0 aromatic heterocycles. The number of carbonyl (C=O) groups is 1. The average molecular weight is 220 g/mol. The van der Waals surface area contributed by atoms with Crippen molar-refractivity contribution in [1.82, 2.24) is 0 Å². The van der Waals surface area contributed by atoms with Crippen molar-refractivity contribution in [2.24, 2.45) is 5.73 Å². The molecule has 0 aliphatic heterocycles. The minimum atomic E-state index is -1.12. The lowest BCUT2D eigenvalue weighted by Crippen LogP contribution is -2.32. The summed E-state index contributed by atoms with van der Waals surface area (Å²) in [5.41, 5.74) is 5.58. The molecule has 0 fully saturated rings. The molecule has 0 aliphatic rings. The van der Waals surface area contributed by atoms with Crippen molar-refractivity contribution >= 4 is 18.4 Å². The first kappa shape index (κ1) is 12.9. The maximum Gasteiger partial charge on any atom is 0.320 e. The van der Waals surface area contributed by atoms with Gasteiger partial charge in [0.05, 0.1) is 0 Å². The van der Waals surface area contributed by atoms with E-state index < -0.39 is 17.8 Å². The molecule has 1 atom stereocenters. The van der Waals surface area contributed by atoms with E-state index in [0.29, 0.717) is 5.56 Å². The highest BCUT2D eigenvalue weighted by Crippen LogP contribution is 2.08. The van der Waals surface area contributed by atoms with Crippen LogP contribution in [0.15, 0.2) is 24.3 Å². The van der Waals surface area contributed by atoms with Gasteiger partial charge in [-0.25, -0.2) is 4.39 Å². The van der Waals surface area contributed by atoms with Crippen LogP contribution in [0.3, 0.4) is 0 Å². The molecule has 0 saturated heterocycles. The second-order valence-electron chi connectivity index (χ2n) is 2.74. The third kappa shape index (κ3) is 3.32. The molecule has 0 unspecified atom stereocenters. The van der Waals surface area contributed by atoms with Crippen molar-refractivity contribution in [3.8, 4) is 0 Å². The van der Waals surface area contributed by atoms with Crippen LogP contribution in [0, 0.1) is 5.82 Å². The number of hydrogen-bond acceptors (Lipinski definition) is 2. The van der Waals surface area contributed by atoms with E-state index in [1.807, 2.05) is 0 Å². The van der Waals surface area contributed by atoms with Crippen LogP contribution in [0.5, 0.6) is 0 Å². The molecule has 14 heavy (non-hydrogen) atoms. The minimum Gasteiger partial charge on any atom is -0.480 e. The summed E-state index contributed by atoms with van der Waals surface area (Å²) in [4.78, 5) is 10.4. The molecule has 0 amide bonds. The molecule has 0 radical (unpaired) electrons. The Morgan fingerprint density at radius 1 is 1.50 bits per heavy atom. The average Bonchev–Trinajstić information content (AvgIpc) is 2.08. The molecule has 3 nitrogen and oxygen atoms in total. The molecular formula is C9H11ClFNO2. The van der Waals surface area contributed by atoms with Crippen molar-refractivity contribution < 1.29 is 14.3 Å². The van der Waals surface area contributed by atoms with Crippen LogP contribution in [-0.4, -0.2) is 17.1 Å². The highest BCUT2D eigenvalue weighted by molar-refractivity contribution is 5.85. The Bertz CT molecular complexity index is 319. The van der Waals surface area contributed by atoms with E-state index in [-0.39, 0.29) is 18.8 Å². The van der Waals surface area contributed by atoms with Crippen LogP contribution in [-0.2, 0) is 11.2 Å². The molecule has 3 N–H and O–H groups in total. The van der Waals surface area contributed by atoms with E-state index in [4.69, 9.17) is 10.8 Å². The van der Waals surface area contributed by atoms with Gasteiger partial charge in [0.25, 0.3) is 0 Å². The smallest absolute Gasteiger partial charge is 0.320 e. The van der Waals surface area contributed by atoms with Gasteiger partial charge in [0.2, 0.25) is 0 Å². The summed E-state index contributed by atoms with van der Waals surface area (Å²) < 4.78 is 13.0. The summed E-state index contributed by atoms with van der Waals surface area (Å²) >= 11 is 0. The second kappa shape index (κ2) is 5.57. The van der Waals surface area contributed by atoms with Crippen molar-refractivity contribution in [2.45, 2.75) is 12.5 Å². The van der Waals surface area contributed by atoms with Crippen LogP contribution in [0.25, 0.3) is 0 Å². The number of carboxylic acid groups (broad SMARTS) is 1. The van der Waals surface area contributed by atoms with Gasteiger partial charge in [-0.3, -0.25) is 4.79 Å². The number of benzene rings is 1. The normalized spacial score (nSPS) is 11.6. The first-order chi connectivity index (χ1) is 6.11. The van der Waals surface area contributed by atoms with Crippen molar-refractivity contribution in [2.75, 3.05) is 0 Å². The van der Waals surface area contributed by atoms with Gasteiger partial charge in [0.15, 0.2) is 0 Å². The first-order valence-electron chi connectivity index (χ1n) is 3.83. The van der Waals surface area contributed by atoms with Crippen molar-refractivity contribution in [3.63, 3.8) is 0 Å². The number of nitrogens with two attached hydrogens (primary N) is 1. The molecule has 5 heteroatoms. The van der Waals surface area contributed by atoms with Crippen LogP contribution in [0.2, 0.25) is 0 Å². The first-order valence-corrected chi connectivity index (χ1v) is 3.83. The lowest BCUT2D eigenvalue weighted by Gasteiger charge is -2.06. The van der Waals surface area contributed by atoms with Crippen molar-refractivity contribution in [1.29, 1.82) is 0 Å². The van der Waals surface area contributed by atoms with Gasteiger partial charge in [-0.05, 0) is 11.6 Å². The number of aliphatic carboxylic acids is 1. The topological polar surface area (TPSA) is 63.3 Å². The molecule has 78 valence electrons. The van der Waals surface area contributed by atoms with Gasteiger partial charge in [-0.2, -0.15) is 0 Å². The Balaban J connectivity index is 0.00000169. The van der Waals surface area contributed by atoms with E-state index in [1.165, 1.54) is 12.1 Å². The molecule has 0 spiro atoms. The predicted octanol–water partition coefficient (Wildman–Crippen LogP) is 1.20. The summed E-state index contributed by atoms with van der Waals surface area (Å²) in [5, 5.41) is 8.49. The molecule has 0 bridgehead atoms. The number of rotatable bonds is 3. The molecule has 0 aliphatic carbocycles. The van der Waals surface area contributed by atoms with Gasteiger partial charge < -0.3 is 10.8 Å². The fourth-order valence-electron chi connectivity index (χ4n) is 0.988. The standard InChI is InChI=1S/C9H10FNO2.ClH/c10-7-4-2-1-3-6(7)5-8(11)9(12)13;/h1-4,8H,5,11H2,(H,12,13);1H/t8-;/m1./s1. The molecule has 0 heterocycles. The Labute approximate surface area is 87.1 Å². The van der Waals surface area contributed by atoms with Crippen LogP contribution in [0.1, 0.15) is 5.56 Å². The highest BCUT2D eigenvalue weighted by atomic mass is 35.5. The maximum atomic E-state index is 13.0. The van der Waals surface area contributed by atoms with Crippen molar-refractivity contribution in [3.05, 3.63) is 35.6 Å².